The van der Waals surface area contributed by atoms with Crippen LogP contribution in [0.1, 0.15) is 13.2 Å². The van der Waals surface area contributed by atoms with Crippen LogP contribution in [-0.4, -0.2) is 60.1 Å². The van der Waals surface area contributed by atoms with Crippen molar-refractivity contribution in [3.63, 3.8) is 0 Å². The van der Waals surface area contributed by atoms with Gasteiger partial charge in [-0.15, -0.1) is 0 Å². The summed E-state index contributed by atoms with van der Waals surface area (Å²) in [4.78, 5) is 32.8. The summed E-state index contributed by atoms with van der Waals surface area (Å²) in [6, 6.07) is 1.22. The van der Waals surface area contributed by atoms with Gasteiger partial charge in [0.1, 0.15) is 24.2 Å². The molecule has 1 fully saturated rings. The third-order valence-corrected chi connectivity index (χ3v) is 4.17. The molecule has 6 N–H and O–H groups in total. The molecule has 2 heterocycles. The fourth-order valence-corrected chi connectivity index (χ4v) is 2.85. The molecule has 0 unspecified atom stereocenters. The van der Waals surface area contributed by atoms with E-state index in [4.69, 9.17) is 20.3 Å². The van der Waals surface area contributed by atoms with Crippen molar-refractivity contribution in [2.24, 2.45) is 0 Å². The third-order valence-electron chi connectivity index (χ3n) is 3.71. The van der Waals surface area contributed by atoms with Gasteiger partial charge in [0.2, 0.25) is 0 Å². The van der Waals surface area contributed by atoms with Crippen molar-refractivity contribution in [2.45, 2.75) is 30.5 Å². The first kappa shape index (κ1) is 18.9. The van der Waals surface area contributed by atoms with Crippen LogP contribution in [-0.2, 0) is 13.8 Å². The van der Waals surface area contributed by atoms with Gasteiger partial charge >= 0.3 is 13.5 Å². The van der Waals surface area contributed by atoms with Crippen LogP contribution in [0.25, 0.3) is 0 Å². The number of nitrogen functional groups attached to an aromatic ring is 1. The van der Waals surface area contributed by atoms with Gasteiger partial charge in [0.05, 0.1) is 6.61 Å². The number of hydrogen-bond donors (Lipinski definition) is 5. The van der Waals surface area contributed by atoms with E-state index in [0.717, 1.165) is 17.7 Å². The van der Waals surface area contributed by atoms with Gasteiger partial charge in [-0.25, -0.2) is 13.8 Å². The second-order valence-corrected chi connectivity index (χ2v) is 6.84. The number of alkyl halides is 1. The Bertz CT molecular complexity index is 721. The van der Waals surface area contributed by atoms with Crippen LogP contribution in [0.15, 0.2) is 17.1 Å². The minimum atomic E-state index is -4.99. The molecular formula is C11H17FN3O8P. The van der Waals surface area contributed by atoms with Crippen molar-refractivity contribution < 1.29 is 38.2 Å². The number of hydrogen-bond acceptors (Lipinski definition) is 8. The number of anilines is 1. The Balaban J connectivity index is 2.42. The zero-order chi connectivity index (χ0) is 18.3. The smallest absolute Gasteiger partial charge is 0.387 e. The second-order valence-electron chi connectivity index (χ2n) is 5.60. The summed E-state index contributed by atoms with van der Waals surface area (Å²) in [7, 11) is -4.99. The summed E-state index contributed by atoms with van der Waals surface area (Å²) >= 11 is 0. The molecule has 136 valence electrons. The molecule has 0 spiro atoms. The average Bonchev–Trinajstić information content (AvgIpc) is 2.66. The van der Waals surface area contributed by atoms with Crippen LogP contribution >= 0.6 is 7.82 Å². The van der Waals surface area contributed by atoms with Crippen molar-refractivity contribution in [3.05, 3.63) is 22.7 Å². The van der Waals surface area contributed by atoms with Crippen LogP contribution in [0.5, 0.6) is 0 Å². The van der Waals surface area contributed by atoms with Crippen LogP contribution < -0.4 is 11.4 Å². The number of rotatable bonds is 5. The predicted octanol–water partition coefficient (Wildman–Crippen LogP) is -1.72. The largest absolute Gasteiger partial charge is 0.469 e. The Morgan fingerprint density at radius 2 is 2.21 bits per heavy atom. The lowest BCUT2D eigenvalue weighted by Gasteiger charge is -2.30. The highest BCUT2D eigenvalue weighted by atomic mass is 31.2. The quantitative estimate of drug-likeness (QED) is 0.375. The molecule has 11 nitrogen and oxygen atoms in total. The molecule has 0 aromatic carbocycles. The van der Waals surface area contributed by atoms with E-state index in [9.17, 15) is 24.0 Å². The zero-order valence-electron chi connectivity index (χ0n) is 12.4. The van der Waals surface area contributed by atoms with Crippen LogP contribution in [0.3, 0.4) is 0 Å². The lowest BCUT2D eigenvalue weighted by molar-refractivity contribution is -0.138. The molecule has 24 heavy (non-hydrogen) atoms. The van der Waals surface area contributed by atoms with Gasteiger partial charge in [-0.3, -0.25) is 9.09 Å². The van der Waals surface area contributed by atoms with Gasteiger partial charge in [0.25, 0.3) is 0 Å². The summed E-state index contributed by atoms with van der Waals surface area (Å²) in [6.45, 7) is -1.43. The minimum absolute atomic E-state index is 0.101. The SMILES string of the molecule is C[C@@]1(O)[C@H](O)[C@@](CF)(COP(=O)(O)O)O[C@H]1n1ccc(N)nc1=O. The normalized spacial score (nSPS) is 33.8. The number of aliphatic hydroxyl groups is 2. The topological polar surface area (TPSA) is 177 Å². The third kappa shape index (κ3) is 3.35. The molecule has 1 saturated heterocycles. The average molecular weight is 369 g/mol. The molecule has 4 atom stereocenters. The zero-order valence-corrected chi connectivity index (χ0v) is 13.3. The first-order valence-electron chi connectivity index (χ1n) is 6.62. The molecule has 0 aliphatic carbocycles. The van der Waals surface area contributed by atoms with E-state index in [1.165, 1.54) is 6.07 Å². The van der Waals surface area contributed by atoms with Crippen LogP contribution in [0, 0.1) is 0 Å². The second kappa shape index (κ2) is 6.15. The highest BCUT2D eigenvalue weighted by Gasteiger charge is 2.62. The fourth-order valence-electron chi connectivity index (χ4n) is 2.47. The number of nitrogens with two attached hydrogens (primary N) is 1. The highest BCUT2D eigenvalue weighted by molar-refractivity contribution is 7.46. The summed E-state index contributed by atoms with van der Waals surface area (Å²) < 4.78 is 34.6. The van der Waals surface area contributed by atoms with E-state index >= 15 is 0 Å². The van der Waals surface area contributed by atoms with Gasteiger partial charge in [0, 0.05) is 6.20 Å². The first-order valence-corrected chi connectivity index (χ1v) is 8.15. The van der Waals surface area contributed by atoms with Gasteiger partial charge in [-0.05, 0) is 13.0 Å². The number of phosphoric ester groups is 1. The monoisotopic (exact) mass is 369 g/mol. The van der Waals surface area contributed by atoms with Crippen molar-refractivity contribution in [1.29, 1.82) is 0 Å². The Labute approximate surface area is 134 Å². The molecule has 0 radical (unpaired) electrons. The maximum atomic E-state index is 13.5. The van der Waals surface area contributed by atoms with E-state index in [0.29, 0.717) is 0 Å². The molecular weight excluding hydrogens is 352 g/mol. The van der Waals surface area contributed by atoms with Crippen molar-refractivity contribution in [2.75, 3.05) is 19.0 Å². The van der Waals surface area contributed by atoms with Crippen molar-refractivity contribution >= 4 is 13.6 Å². The molecule has 1 aliphatic heterocycles. The molecule has 0 bridgehead atoms. The molecule has 1 aliphatic rings. The highest BCUT2D eigenvalue weighted by Crippen LogP contribution is 2.47. The molecule has 0 saturated carbocycles. The lowest BCUT2D eigenvalue weighted by Crippen LogP contribution is -2.53. The molecule has 1 aromatic heterocycles. The Kier molecular flexibility index (Phi) is 4.85. The molecule has 2 rings (SSSR count). The number of nitrogens with zero attached hydrogens (tertiary/aromatic N) is 2. The lowest BCUT2D eigenvalue weighted by atomic mass is 9.88. The van der Waals surface area contributed by atoms with Crippen LogP contribution in [0.2, 0.25) is 0 Å². The van der Waals surface area contributed by atoms with Gasteiger partial charge in [-0.1, -0.05) is 0 Å². The molecule has 0 amide bonds. The first-order chi connectivity index (χ1) is 10.9. The molecule has 1 aromatic rings. The number of phosphoric acid groups is 1. The van der Waals surface area contributed by atoms with Crippen molar-refractivity contribution in [1.82, 2.24) is 9.55 Å². The number of ether oxygens (including phenoxy) is 1. The van der Waals surface area contributed by atoms with E-state index < -0.39 is 50.3 Å². The number of halogens is 1. The van der Waals surface area contributed by atoms with Crippen molar-refractivity contribution in [3.8, 4) is 0 Å². The number of aromatic nitrogens is 2. The predicted molar refractivity (Wildman–Crippen MR) is 76.4 cm³/mol. The van der Waals surface area contributed by atoms with E-state index in [1.807, 2.05) is 0 Å². The minimum Gasteiger partial charge on any atom is -0.387 e. The summed E-state index contributed by atoms with van der Waals surface area (Å²) in [5.74, 6) is -0.101. The van der Waals surface area contributed by atoms with Crippen LogP contribution in [0.4, 0.5) is 10.2 Å². The Morgan fingerprint density at radius 1 is 1.58 bits per heavy atom. The van der Waals surface area contributed by atoms with E-state index in [2.05, 4.69) is 9.51 Å². The Hall–Kier alpha value is -1.40. The van der Waals surface area contributed by atoms with E-state index in [1.54, 1.807) is 0 Å². The standard InChI is InChI=1S/C11H17FN3O8P/c1-10(18)7(16)11(4-12,5-22-24(19,20)21)23-8(10)15-3-2-6(13)14-9(15)17/h2-3,7-8,16,18H,4-5H2,1H3,(H2,13,14,17)(H2,19,20,21)/t7-,8+,10+,11+/m0/s1. The van der Waals surface area contributed by atoms with E-state index in [-0.39, 0.29) is 5.82 Å². The van der Waals surface area contributed by atoms with Gasteiger partial charge in [-0.2, -0.15) is 4.98 Å². The number of aliphatic hydroxyl groups excluding tert-OH is 1. The van der Waals surface area contributed by atoms with Gasteiger partial charge < -0.3 is 30.5 Å². The maximum Gasteiger partial charge on any atom is 0.469 e. The fraction of sp³-hybridized carbons (Fsp3) is 0.636. The summed E-state index contributed by atoms with van der Waals surface area (Å²) in [5, 5.41) is 20.7. The summed E-state index contributed by atoms with van der Waals surface area (Å²) in [6.07, 6.45) is -2.44. The Morgan fingerprint density at radius 3 is 2.71 bits per heavy atom. The maximum absolute atomic E-state index is 13.5. The molecule has 13 heteroatoms. The summed E-state index contributed by atoms with van der Waals surface area (Å²) in [5.41, 5.74) is -0.0641. The van der Waals surface area contributed by atoms with Gasteiger partial charge in [0.15, 0.2) is 11.8 Å².